The second-order valence-electron chi connectivity index (χ2n) is 27.9. The Morgan fingerprint density at radius 3 is 1.05 bits per heavy atom. The quantitative estimate of drug-likeness (QED) is 0.0205. The summed E-state index contributed by atoms with van der Waals surface area (Å²) < 4.78 is 30.9. The average Bonchev–Trinajstić information content (AvgIpc) is 3.08. The topological polar surface area (TPSA) is 111 Å². The van der Waals surface area contributed by atoms with Gasteiger partial charge in [0.1, 0.15) is 19.3 Å². The van der Waals surface area contributed by atoms with E-state index in [9.17, 15) is 19.0 Å². The van der Waals surface area contributed by atoms with E-state index in [2.05, 4.69) is 86.8 Å². The van der Waals surface area contributed by atoms with Crippen LogP contribution in [0.2, 0.25) is 0 Å². The third-order valence-corrected chi connectivity index (χ3v) is 18.6. The first-order valence-electron chi connectivity index (χ1n) is 39.3. The van der Waals surface area contributed by atoms with Gasteiger partial charge in [0.2, 0.25) is 5.91 Å². The van der Waals surface area contributed by atoms with Crippen LogP contribution in [0, 0.1) is 0 Å². The summed E-state index contributed by atoms with van der Waals surface area (Å²) in [6, 6.07) is -0.852. The molecular formula is C81H152N2O7P+. The molecule has 0 radical (unpaired) electrons. The average molecular weight is 1300 g/mol. The van der Waals surface area contributed by atoms with Gasteiger partial charge in [-0.2, -0.15) is 0 Å². The number of allylic oxidation sites excluding steroid dienone is 11. The Morgan fingerprint density at radius 1 is 0.396 bits per heavy atom. The van der Waals surface area contributed by atoms with Gasteiger partial charge in [0.25, 0.3) is 0 Å². The van der Waals surface area contributed by atoms with Crippen molar-refractivity contribution in [3.8, 4) is 0 Å². The fraction of sp³-hybridized carbons (Fsp3) is 0.827. The van der Waals surface area contributed by atoms with Gasteiger partial charge in [-0.1, -0.05) is 364 Å². The molecule has 0 aliphatic heterocycles. The van der Waals surface area contributed by atoms with Gasteiger partial charge in [-0.05, 0) is 76.7 Å². The Labute approximate surface area is 565 Å². The maximum absolute atomic E-state index is 13.6. The maximum Gasteiger partial charge on any atom is 0.472 e. The van der Waals surface area contributed by atoms with E-state index in [-0.39, 0.29) is 25.1 Å². The molecule has 1 amide bonds. The number of carbonyl (C=O) groups is 2. The summed E-state index contributed by atoms with van der Waals surface area (Å²) in [5, 5.41) is 3.08. The molecule has 0 aromatic carbocycles. The number of nitrogens with zero attached hydrogens (tertiary/aromatic N) is 1. The van der Waals surface area contributed by atoms with E-state index in [0.717, 1.165) is 89.9 Å². The molecule has 0 aromatic heterocycles. The van der Waals surface area contributed by atoms with Crippen LogP contribution in [-0.4, -0.2) is 74.3 Å². The molecule has 0 aliphatic carbocycles. The molecule has 0 bridgehead atoms. The fourth-order valence-corrected chi connectivity index (χ4v) is 12.4. The molecule has 0 saturated carbocycles. The smallest absolute Gasteiger partial charge is 0.456 e. The molecular weight excluding hydrogens is 1140 g/mol. The van der Waals surface area contributed by atoms with Crippen LogP contribution in [0.4, 0.5) is 0 Å². The number of phosphoric acid groups is 1. The number of hydrogen-bond donors (Lipinski definition) is 2. The number of hydrogen-bond acceptors (Lipinski definition) is 6. The van der Waals surface area contributed by atoms with Crippen LogP contribution in [0.1, 0.15) is 380 Å². The Balaban J connectivity index is 4.88. The second-order valence-corrected chi connectivity index (χ2v) is 29.3. The summed E-state index contributed by atoms with van der Waals surface area (Å²) in [6.07, 6.45) is 93.7. The van der Waals surface area contributed by atoms with Gasteiger partial charge in [0.05, 0.1) is 33.8 Å². The molecule has 0 heterocycles. The molecule has 10 heteroatoms. The number of esters is 1. The molecule has 3 atom stereocenters. The number of unbranched alkanes of at least 4 members (excludes halogenated alkanes) is 46. The predicted octanol–water partition coefficient (Wildman–Crippen LogP) is 25.5. The third kappa shape index (κ3) is 71.6. The Kier molecular flexibility index (Phi) is 68.3. The first kappa shape index (κ1) is 88.5. The Bertz CT molecular complexity index is 1780. The highest BCUT2D eigenvalue weighted by molar-refractivity contribution is 7.47. The molecule has 532 valence electrons. The van der Waals surface area contributed by atoms with Crippen LogP contribution in [0.25, 0.3) is 0 Å². The van der Waals surface area contributed by atoms with Gasteiger partial charge in [-0.3, -0.25) is 18.6 Å². The minimum atomic E-state index is -4.46. The van der Waals surface area contributed by atoms with Crippen LogP contribution in [0.5, 0.6) is 0 Å². The zero-order valence-corrected chi connectivity index (χ0v) is 62.0. The van der Waals surface area contributed by atoms with E-state index < -0.39 is 20.0 Å². The number of nitrogens with one attached hydrogen (secondary N) is 1. The number of ether oxygens (including phenoxy) is 1. The number of amides is 1. The van der Waals surface area contributed by atoms with Crippen molar-refractivity contribution in [2.45, 2.75) is 392 Å². The van der Waals surface area contributed by atoms with Gasteiger partial charge in [0.15, 0.2) is 0 Å². The van der Waals surface area contributed by atoms with Crippen molar-refractivity contribution >= 4 is 19.7 Å². The first-order chi connectivity index (χ1) is 44.4. The highest BCUT2D eigenvalue weighted by atomic mass is 31.2. The molecule has 0 rings (SSSR count). The summed E-state index contributed by atoms with van der Waals surface area (Å²) in [6.45, 7) is 6.95. The third-order valence-electron chi connectivity index (χ3n) is 17.7. The van der Waals surface area contributed by atoms with E-state index in [1.165, 1.54) is 257 Å². The van der Waals surface area contributed by atoms with Crippen LogP contribution < -0.4 is 5.32 Å². The minimum absolute atomic E-state index is 0.0397. The highest BCUT2D eigenvalue weighted by Gasteiger charge is 2.30. The van der Waals surface area contributed by atoms with E-state index in [0.29, 0.717) is 23.9 Å². The monoisotopic (exact) mass is 1300 g/mol. The van der Waals surface area contributed by atoms with Gasteiger partial charge in [0, 0.05) is 12.8 Å². The van der Waals surface area contributed by atoms with Crippen molar-refractivity contribution in [3.05, 3.63) is 72.9 Å². The number of quaternary nitrogens is 1. The van der Waals surface area contributed by atoms with Gasteiger partial charge >= 0.3 is 13.8 Å². The van der Waals surface area contributed by atoms with Gasteiger partial charge in [-0.15, -0.1) is 0 Å². The molecule has 0 spiro atoms. The van der Waals surface area contributed by atoms with Crippen molar-refractivity contribution in [1.29, 1.82) is 0 Å². The molecule has 9 nitrogen and oxygen atoms in total. The van der Waals surface area contributed by atoms with Crippen LogP contribution >= 0.6 is 7.82 Å². The number of carbonyl (C=O) groups excluding carboxylic acids is 2. The molecule has 2 N–H and O–H groups in total. The summed E-state index contributed by atoms with van der Waals surface area (Å²) in [5.41, 5.74) is 0. The van der Waals surface area contributed by atoms with Crippen LogP contribution in [-0.2, 0) is 27.9 Å². The van der Waals surface area contributed by atoms with Crippen molar-refractivity contribution in [3.63, 3.8) is 0 Å². The summed E-state index contributed by atoms with van der Waals surface area (Å²) in [5.74, 6) is -0.493. The molecule has 91 heavy (non-hydrogen) atoms. The number of rotatable bonds is 72. The molecule has 0 aromatic rings. The lowest BCUT2D eigenvalue weighted by Crippen LogP contribution is -2.47. The number of phosphoric ester groups is 1. The van der Waals surface area contributed by atoms with Crippen molar-refractivity contribution in [1.82, 2.24) is 5.32 Å². The normalized spacial score (nSPS) is 13.8. The fourth-order valence-electron chi connectivity index (χ4n) is 11.7. The molecule has 3 unspecified atom stereocenters. The maximum atomic E-state index is 13.6. The Morgan fingerprint density at radius 2 is 0.703 bits per heavy atom. The van der Waals surface area contributed by atoms with Crippen molar-refractivity contribution in [2.75, 3.05) is 40.9 Å². The van der Waals surface area contributed by atoms with Crippen molar-refractivity contribution < 1.29 is 37.3 Å². The zero-order chi connectivity index (χ0) is 66.3. The van der Waals surface area contributed by atoms with Gasteiger partial charge < -0.3 is 19.4 Å². The van der Waals surface area contributed by atoms with E-state index in [1.807, 2.05) is 33.3 Å². The van der Waals surface area contributed by atoms with E-state index in [1.54, 1.807) is 0 Å². The number of likely N-dealkylation sites (N-methyl/N-ethyl adjacent to an activating group) is 1. The lowest BCUT2D eigenvalue weighted by molar-refractivity contribution is -0.870. The van der Waals surface area contributed by atoms with Gasteiger partial charge in [-0.25, -0.2) is 4.57 Å². The molecule has 0 aliphatic rings. The summed E-state index contributed by atoms with van der Waals surface area (Å²) in [7, 11) is 1.50. The van der Waals surface area contributed by atoms with Crippen LogP contribution in [0.3, 0.4) is 0 Å². The highest BCUT2D eigenvalue weighted by Crippen LogP contribution is 2.43. The molecule has 0 saturated heterocycles. The second kappa shape index (κ2) is 70.3. The van der Waals surface area contributed by atoms with E-state index >= 15 is 0 Å². The SMILES string of the molecule is CC/C=C\C/C=C\C/C=C\C/C=C\C/C=C\CCCCCCCCCCCCCC(=O)NC(COP(=O)(O)OCC[N+](C)(C)C)C(/C=C/CCCCCCCCCCC)OC(=O)CCCCCCCCCCCCCCCCCCCCCCCCCCCCC. The Hall–Kier alpha value is -2.55. The minimum Gasteiger partial charge on any atom is -0.456 e. The summed E-state index contributed by atoms with van der Waals surface area (Å²) >= 11 is 0. The van der Waals surface area contributed by atoms with Crippen LogP contribution in [0.15, 0.2) is 72.9 Å². The predicted molar refractivity (Wildman–Crippen MR) is 397 cm³/mol. The standard InChI is InChI=1S/C81H151N2O7P/c1-7-10-13-16-19-22-25-27-29-31-33-35-37-39-41-43-45-47-49-51-53-55-58-61-64-67-70-73-80(84)82-78(77-89-91(86,87)88-76-75-83(4,5)6)79(72-69-66-63-60-57-24-21-18-15-12-9-3)90-81(85)74-71-68-65-62-59-56-54-52-50-48-46-44-42-40-38-36-34-32-30-28-26-23-20-17-14-11-8-2/h10,13,19,22,27,29,33,35,39,41,69,72,78-79H,7-9,11-12,14-18,20-21,23-26,28,30-32,34,36-38,40,42-68,70-71,73-77H2,1-6H3,(H-,82,84,86,87)/p+1/b13-10-,22-19-,29-27-,35-33-,41-39-,72-69+. The first-order valence-corrected chi connectivity index (χ1v) is 40.8. The summed E-state index contributed by atoms with van der Waals surface area (Å²) in [4.78, 5) is 38.0. The molecule has 0 fully saturated rings. The zero-order valence-electron chi connectivity index (χ0n) is 61.1. The van der Waals surface area contributed by atoms with Crippen molar-refractivity contribution in [2.24, 2.45) is 0 Å². The lowest BCUT2D eigenvalue weighted by atomic mass is 10.0. The lowest BCUT2D eigenvalue weighted by Gasteiger charge is -2.27. The van der Waals surface area contributed by atoms with E-state index in [4.69, 9.17) is 13.8 Å². The largest absolute Gasteiger partial charge is 0.472 e.